The van der Waals surface area contributed by atoms with E-state index in [-0.39, 0.29) is 6.23 Å². The number of unbranched alkanes of at least 4 members (excludes halogenated alkanes) is 3. The largest absolute Gasteiger partial charge is 0.379 e. The fraction of sp³-hybridized carbons (Fsp3) is 1.00. The summed E-state index contributed by atoms with van der Waals surface area (Å²) < 4.78 is 0. The van der Waals surface area contributed by atoms with Crippen LogP contribution in [0.25, 0.3) is 0 Å². The molecule has 0 spiro atoms. The van der Waals surface area contributed by atoms with Gasteiger partial charge in [0.25, 0.3) is 0 Å². The maximum Gasteiger partial charge on any atom is 0.104 e. The molecule has 2 fully saturated rings. The Morgan fingerprint density at radius 2 is 2.00 bits per heavy atom. The number of aliphatic hydroxyl groups excluding tert-OH is 1. The van der Waals surface area contributed by atoms with Gasteiger partial charge in [-0.15, -0.1) is 0 Å². The van der Waals surface area contributed by atoms with Crippen molar-refractivity contribution in [2.45, 2.75) is 83.9 Å². The molecule has 4 atom stereocenters. The lowest BCUT2D eigenvalue weighted by Crippen LogP contribution is -2.58. The first-order valence-corrected chi connectivity index (χ1v) is 9.38. The van der Waals surface area contributed by atoms with E-state index < -0.39 is 0 Å². The summed E-state index contributed by atoms with van der Waals surface area (Å²) in [5, 5.41) is 13.7. The number of nitrogens with one attached hydrogen (secondary N) is 1. The van der Waals surface area contributed by atoms with Crippen molar-refractivity contribution in [1.29, 1.82) is 0 Å². The Hall–Kier alpha value is -0.120. The number of rotatable bonds is 7. The number of hydrogen-bond acceptors (Lipinski definition) is 3. The number of nitrogens with zero attached hydrogens (tertiary/aromatic N) is 1. The first-order chi connectivity index (χ1) is 10.2. The summed E-state index contributed by atoms with van der Waals surface area (Å²) in [4.78, 5) is 2.35. The molecule has 1 saturated carbocycles. The quantitative estimate of drug-likeness (QED) is 0.707. The lowest BCUT2D eigenvalue weighted by atomic mass is 9.72. The van der Waals surface area contributed by atoms with Crippen molar-refractivity contribution >= 4 is 0 Å². The third-order valence-corrected chi connectivity index (χ3v) is 5.70. The predicted octanol–water partition coefficient (Wildman–Crippen LogP) is 3.38. The van der Waals surface area contributed by atoms with Gasteiger partial charge >= 0.3 is 0 Å². The fourth-order valence-corrected chi connectivity index (χ4v) is 4.54. The van der Waals surface area contributed by atoms with E-state index in [1.807, 2.05) is 6.92 Å². The van der Waals surface area contributed by atoms with Gasteiger partial charge in [-0.3, -0.25) is 4.90 Å². The van der Waals surface area contributed by atoms with Crippen LogP contribution in [0.3, 0.4) is 0 Å². The Kier molecular flexibility index (Phi) is 7.48. The highest BCUT2D eigenvalue weighted by atomic mass is 16.3. The Morgan fingerprint density at radius 1 is 1.19 bits per heavy atom. The summed E-state index contributed by atoms with van der Waals surface area (Å²) in [5.74, 6) is 1.68. The lowest BCUT2D eigenvalue weighted by molar-refractivity contribution is -0.0551. The standard InChI is InChI=1S/C18H36N2O/c1-3-4-5-6-9-16-10-7-8-11-17(16)18-14-19-12-13-20(18)15(2)21/h15-19,21H,3-14H2,1-2H3. The first kappa shape index (κ1) is 17.2. The zero-order valence-corrected chi connectivity index (χ0v) is 14.2. The molecule has 3 nitrogen and oxygen atoms in total. The molecule has 124 valence electrons. The summed E-state index contributed by atoms with van der Waals surface area (Å²) in [6.07, 6.45) is 12.2. The van der Waals surface area contributed by atoms with Crippen LogP contribution in [0.1, 0.15) is 71.6 Å². The number of aliphatic hydroxyl groups is 1. The molecular formula is C18H36N2O. The van der Waals surface area contributed by atoms with Gasteiger partial charge in [0, 0.05) is 25.7 Å². The zero-order valence-electron chi connectivity index (χ0n) is 14.2. The van der Waals surface area contributed by atoms with Crippen molar-refractivity contribution in [3.63, 3.8) is 0 Å². The lowest BCUT2D eigenvalue weighted by Gasteiger charge is -2.46. The summed E-state index contributed by atoms with van der Waals surface area (Å²) >= 11 is 0. The molecule has 1 saturated heterocycles. The summed E-state index contributed by atoms with van der Waals surface area (Å²) in [6, 6.07) is 0.551. The van der Waals surface area contributed by atoms with E-state index in [4.69, 9.17) is 0 Å². The van der Waals surface area contributed by atoms with E-state index in [1.165, 1.54) is 57.8 Å². The minimum Gasteiger partial charge on any atom is -0.379 e. The molecule has 0 bridgehead atoms. The zero-order chi connectivity index (χ0) is 15.1. The van der Waals surface area contributed by atoms with Gasteiger partial charge in [-0.25, -0.2) is 0 Å². The van der Waals surface area contributed by atoms with Crippen LogP contribution in [0.5, 0.6) is 0 Å². The maximum absolute atomic E-state index is 10.1. The second kappa shape index (κ2) is 9.12. The number of hydrogen-bond donors (Lipinski definition) is 2. The van der Waals surface area contributed by atoms with Gasteiger partial charge in [-0.05, 0) is 25.2 Å². The van der Waals surface area contributed by atoms with Crippen LogP contribution in [0.2, 0.25) is 0 Å². The second-order valence-corrected chi connectivity index (χ2v) is 7.20. The van der Waals surface area contributed by atoms with Gasteiger partial charge < -0.3 is 10.4 Å². The van der Waals surface area contributed by atoms with Gasteiger partial charge in [-0.2, -0.15) is 0 Å². The molecule has 1 heterocycles. The first-order valence-electron chi connectivity index (χ1n) is 9.38. The summed E-state index contributed by atoms with van der Waals surface area (Å²) in [7, 11) is 0. The molecule has 0 amide bonds. The van der Waals surface area contributed by atoms with Crippen LogP contribution in [0, 0.1) is 11.8 Å². The van der Waals surface area contributed by atoms with Gasteiger partial charge in [0.05, 0.1) is 0 Å². The molecule has 21 heavy (non-hydrogen) atoms. The molecule has 0 radical (unpaired) electrons. The van der Waals surface area contributed by atoms with Crippen LogP contribution >= 0.6 is 0 Å². The van der Waals surface area contributed by atoms with E-state index >= 15 is 0 Å². The van der Waals surface area contributed by atoms with Crippen molar-refractivity contribution in [3.05, 3.63) is 0 Å². The van der Waals surface area contributed by atoms with Gasteiger partial charge in [0.2, 0.25) is 0 Å². The van der Waals surface area contributed by atoms with Crippen LogP contribution < -0.4 is 5.32 Å². The minimum atomic E-state index is -0.292. The van der Waals surface area contributed by atoms with Crippen LogP contribution in [-0.2, 0) is 0 Å². The third-order valence-electron chi connectivity index (χ3n) is 5.70. The van der Waals surface area contributed by atoms with E-state index in [0.717, 1.165) is 31.5 Å². The highest BCUT2D eigenvalue weighted by molar-refractivity contribution is 4.91. The Morgan fingerprint density at radius 3 is 2.76 bits per heavy atom. The van der Waals surface area contributed by atoms with Crippen molar-refractivity contribution < 1.29 is 5.11 Å². The number of piperazine rings is 1. The highest BCUT2D eigenvalue weighted by Gasteiger charge is 2.37. The molecule has 2 aliphatic rings. The molecule has 3 heteroatoms. The van der Waals surface area contributed by atoms with Gasteiger partial charge in [-0.1, -0.05) is 58.3 Å². The molecular weight excluding hydrogens is 260 g/mol. The molecule has 2 N–H and O–H groups in total. The van der Waals surface area contributed by atoms with Gasteiger partial charge in [0.15, 0.2) is 0 Å². The Balaban J connectivity index is 1.92. The monoisotopic (exact) mass is 296 g/mol. The average Bonchev–Trinajstić information content (AvgIpc) is 2.52. The van der Waals surface area contributed by atoms with Gasteiger partial charge in [0.1, 0.15) is 6.23 Å². The predicted molar refractivity (Wildman–Crippen MR) is 89.3 cm³/mol. The van der Waals surface area contributed by atoms with Crippen LogP contribution in [0.15, 0.2) is 0 Å². The second-order valence-electron chi connectivity index (χ2n) is 7.20. The molecule has 0 aromatic carbocycles. The summed E-state index contributed by atoms with van der Waals surface area (Å²) in [6.45, 7) is 7.33. The minimum absolute atomic E-state index is 0.292. The van der Waals surface area contributed by atoms with Crippen LogP contribution in [0.4, 0.5) is 0 Å². The van der Waals surface area contributed by atoms with E-state index in [9.17, 15) is 5.11 Å². The Labute approximate surface area is 131 Å². The SMILES string of the molecule is CCCCCCC1CCCCC1C1CNCCN1C(C)O. The maximum atomic E-state index is 10.1. The smallest absolute Gasteiger partial charge is 0.104 e. The van der Waals surface area contributed by atoms with Crippen molar-refractivity contribution in [1.82, 2.24) is 10.2 Å². The van der Waals surface area contributed by atoms with Crippen molar-refractivity contribution in [2.75, 3.05) is 19.6 Å². The normalized spacial score (nSPS) is 33.0. The van der Waals surface area contributed by atoms with E-state index in [2.05, 4.69) is 17.1 Å². The van der Waals surface area contributed by atoms with Crippen molar-refractivity contribution in [2.24, 2.45) is 11.8 Å². The summed E-state index contributed by atoms with van der Waals surface area (Å²) in [5.41, 5.74) is 0. The molecule has 1 aliphatic carbocycles. The molecule has 4 unspecified atom stereocenters. The molecule has 0 aromatic heterocycles. The molecule has 2 rings (SSSR count). The van der Waals surface area contributed by atoms with Crippen molar-refractivity contribution in [3.8, 4) is 0 Å². The molecule has 1 aliphatic heterocycles. The van der Waals surface area contributed by atoms with E-state index in [1.54, 1.807) is 0 Å². The fourth-order valence-electron chi connectivity index (χ4n) is 4.54. The molecule has 0 aromatic rings. The highest BCUT2D eigenvalue weighted by Crippen LogP contribution is 2.38. The Bertz CT molecular complexity index is 282. The van der Waals surface area contributed by atoms with Crippen LogP contribution in [-0.4, -0.2) is 41.9 Å². The van der Waals surface area contributed by atoms with E-state index in [0.29, 0.717) is 6.04 Å². The average molecular weight is 296 g/mol. The topological polar surface area (TPSA) is 35.5 Å². The third kappa shape index (κ3) is 4.94.